The summed E-state index contributed by atoms with van der Waals surface area (Å²) in [6.45, 7) is 10.5. The van der Waals surface area contributed by atoms with Gasteiger partial charge in [-0.3, -0.25) is 4.90 Å². The zero-order chi connectivity index (χ0) is 11.1. The van der Waals surface area contributed by atoms with Gasteiger partial charge in [0, 0.05) is 24.4 Å². The van der Waals surface area contributed by atoms with Crippen molar-refractivity contribution in [1.29, 1.82) is 0 Å². The number of likely N-dealkylation sites (N-methyl/N-ethyl adjacent to an activating group) is 1. The van der Waals surface area contributed by atoms with E-state index < -0.39 is 0 Å². The monoisotopic (exact) mass is 230 g/mol. The van der Waals surface area contributed by atoms with Crippen LogP contribution < -0.4 is 5.32 Å². The van der Waals surface area contributed by atoms with Gasteiger partial charge >= 0.3 is 0 Å². The van der Waals surface area contributed by atoms with Crippen molar-refractivity contribution in [1.82, 2.24) is 10.2 Å². The van der Waals surface area contributed by atoms with Crippen molar-refractivity contribution in [2.75, 3.05) is 31.1 Å². The van der Waals surface area contributed by atoms with Gasteiger partial charge in [-0.15, -0.1) is 0 Å². The minimum atomic E-state index is 0.734. The second-order valence-electron chi connectivity index (χ2n) is 4.40. The second-order valence-corrected chi connectivity index (χ2v) is 5.72. The number of hydrogen-bond acceptors (Lipinski definition) is 3. The summed E-state index contributed by atoms with van der Waals surface area (Å²) in [4.78, 5) is 2.65. The Morgan fingerprint density at radius 1 is 1.47 bits per heavy atom. The van der Waals surface area contributed by atoms with Crippen molar-refractivity contribution in [3.63, 3.8) is 0 Å². The van der Waals surface area contributed by atoms with E-state index in [-0.39, 0.29) is 0 Å². The van der Waals surface area contributed by atoms with Crippen LogP contribution in [-0.2, 0) is 0 Å². The zero-order valence-electron chi connectivity index (χ0n) is 10.5. The topological polar surface area (TPSA) is 15.3 Å². The van der Waals surface area contributed by atoms with Crippen LogP contribution in [-0.4, -0.2) is 48.1 Å². The first-order valence-corrected chi connectivity index (χ1v) is 7.48. The van der Waals surface area contributed by atoms with Crippen molar-refractivity contribution in [3.8, 4) is 0 Å². The van der Waals surface area contributed by atoms with Gasteiger partial charge in [-0.25, -0.2) is 0 Å². The van der Waals surface area contributed by atoms with Gasteiger partial charge in [0.2, 0.25) is 0 Å². The lowest BCUT2D eigenvalue weighted by Crippen LogP contribution is -2.49. The fourth-order valence-electron chi connectivity index (χ4n) is 2.26. The second kappa shape index (κ2) is 7.53. The molecule has 15 heavy (non-hydrogen) atoms. The number of thioether (sulfide) groups is 1. The van der Waals surface area contributed by atoms with Crippen LogP contribution in [0.15, 0.2) is 0 Å². The molecule has 1 rings (SSSR count). The molecular formula is C12H26N2S. The normalized spacial score (nSPS) is 25.4. The Morgan fingerprint density at radius 3 is 2.93 bits per heavy atom. The smallest absolute Gasteiger partial charge is 0.0195 e. The van der Waals surface area contributed by atoms with E-state index in [9.17, 15) is 0 Å². The summed E-state index contributed by atoms with van der Waals surface area (Å²) in [5.41, 5.74) is 0. The average molecular weight is 230 g/mol. The molecule has 0 aromatic heterocycles. The molecule has 1 saturated heterocycles. The molecule has 1 aliphatic rings. The number of nitrogens with zero attached hydrogens (tertiary/aromatic N) is 1. The highest BCUT2D eigenvalue weighted by atomic mass is 32.2. The fourth-order valence-corrected chi connectivity index (χ4v) is 3.04. The molecule has 0 amide bonds. The Morgan fingerprint density at radius 2 is 2.27 bits per heavy atom. The van der Waals surface area contributed by atoms with Crippen LogP contribution >= 0.6 is 11.8 Å². The van der Waals surface area contributed by atoms with Crippen molar-refractivity contribution >= 4 is 11.8 Å². The minimum Gasteiger partial charge on any atom is -0.313 e. The Balaban J connectivity index is 2.27. The van der Waals surface area contributed by atoms with E-state index in [4.69, 9.17) is 0 Å². The zero-order valence-corrected chi connectivity index (χ0v) is 11.3. The highest BCUT2D eigenvalue weighted by Gasteiger charge is 2.22. The molecule has 2 unspecified atom stereocenters. The van der Waals surface area contributed by atoms with Gasteiger partial charge in [-0.05, 0) is 38.6 Å². The Kier molecular flexibility index (Phi) is 6.69. The average Bonchev–Trinajstić information content (AvgIpc) is 2.27. The highest BCUT2D eigenvalue weighted by molar-refractivity contribution is 7.99. The number of likely N-dealkylation sites (tertiary alicyclic amines) is 1. The molecule has 2 atom stereocenters. The van der Waals surface area contributed by atoms with E-state index >= 15 is 0 Å². The molecule has 0 aromatic rings. The van der Waals surface area contributed by atoms with Crippen LogP contribution in [0.5, 0.6) is 0 Å². The lowest BCUT2D eigenvalue weighted by Gasteiger charge is -2.37. The lowest BCUT2D eigenvalue weighted by atomic mass is 10.0. The van der Waals surface area contributed by atoms with E-state index in [1.807, 2.05) is 0 Å². The summed E-state index contributed by atoms with van der Waals surface area (Å²) in [6.07, 6.45) is 2.72. The predicted molar refractivity (Wildman–Crippen MR) is 70.7 cm³/mol. The summed E-state index contributed by atoms with van der Waals surface area (Å²) in [5, 5.41) is 3.58. The predicted octanol–water partition coefficient (Wildman–Crippen LogP) is 2.20. The molecular weight excluding hydrogens is 204 g/mol. The summed E-state index contributed by atoms with van der Waals surface area (Å²) < 4.78 is 0. The van der Waals surface area contributed by atoms with Crippen molar-refractivity contribution < 1.29 is 0 Å². The van der Waals surface area contributed by atoms with Crippen LogP contribution in [0.2, 0.25) is 0 Å². The summed E-state index contributed by atoms with van der Waals surface area (Å²) in [7, 11) is 0. The quantitative estimate of drug-likeness (QED) is 0.753. The number of hydrogen-bond donors (Lipinski definition) is 1. The molecule has 2 nitrogen and oxygen atoms in total. The maximum atomic E-state index is 3.58. The summed E-state index contributed by atoms with van der Waals surface area (Å²) in [5.74, 6) is 2.53. The van der Waals surface area contributed by atoms with Crippen molar-refractivity contribution in [2.45, 2.75) is 45.7 Å². The molecule has 1 heterocycles. The molecule has 1 aliphatic heterocycles. The van der Waals surface area contributed by atoms with Gasteiger partial charge < -0.3 is 5.32 Å². The maximum absolute atomic E-state index is 3.58. The minimum absolute atomic E-state index is 0.734. The van der Waals surface area contributed by atoms with E-state index in [0.717, 1.165) is 18.6 Å². The van der Waals surface area contributed by atoms with Gasteiger partial charge in [0.25, 0.3) is 0 Å². The van der Waals surface area contributed by atoms with Crippen LogP contribution in [0.4, 0.5) is 0 Å². The van der Waals surface area contributed by atoms with E-state index in [1.165, 1.54) is 37.4 Å². The largest absolute Gasteiger partial charge is 0.313 e. The Bertz CT molecular complexity index is 162. The maximum Gasteiger partial charge on any atom is 0.0195 e. The molecule has 0 aromatic carbocycles. The molecule has 1 fully saturated rings. The first kappa shape index (κ1) is 13.3. The third-order valence-electron chi connectivity index (χ3n) is 3.13. The molecule has 0 radical (unpaired) electrons. The molecule has 0 spiro atoms. The lowest BCUT2D eigenvalue weighted by molar-refractivity contribution is 0.158. The SMILES string of the molecule is CCNC1CCCN(C(C)CSCC)C1. The van der Waals surface area contributed by atoms with Gasteiger partial charge in [0.05, 0.1) is 0 Å². The Hall–Kier alpha value is 0.270. The van der Waals surface area contributed by atoms with Crippen LogP contribution in [0, 0.1) is 0 Å². The van der Waals surface area contributed by atoms with E-state index in [1.54, 1.807) is 0 Å². The first-order valence-electron chi connectivity index (χ1n) is 6.33. The van der Waals surface area contributed by atoms with Gasteiger partial charge in [-0.2, -0.15) is 11.8 Å². The van der Waals surface area contributed by atoms with Crippen LogP contribution in [0.1, 0.15) is 33.6 Å². The van der Waals surface area contributed by atoms with Crippen molar-refractivity contribution in [3.05, 3.63) is 0 Å². The number of nitrogens with one attached hydrogen (secondary N) is 1. The molecule has 0 aliphatic carbocycles. The molecule has 0 saturated carbocycles. The molecule has 1 N–H and O–H groups in total. The number of piperidine rings is 1. The van der Waals surface area contributed by atoms with E-state index in [2.05, 4.69) is 42.7 Å². The third-order valence-corrected chi connectivity index (χ3v) is 4.26. The summed E-state index contributed by atoms with van der Waals surface area (Å²) in [6, 6.07) is 1.48. The molecule has 90 valence electrons. The van der Waals surface area contributed by atoms with E-state index in [0.29, 0.717) is 0 Å². The van der Waals surface area contributed by atoms with Crippen LogP contribution in [0.3, 0.4) is 0 Å². The standard InChI is InChI=1S/C12H26N2S/c1-4-13-12-7-6-8-14(9-12)11(3)10-15-5-2/h11-13H,4-10H2,1-3H3. The van der Waals surface area contributed by atoms with Gasteiger partial charge in [0.15, 0.2) is 0 Å². The molecule has 3 heteroatoms. The Labute approximate surface area is 99.2 Å². The number of rotatable bonds is 6. The van der Waals surface area contributed by atoms with Crippen LogP contribution in [0.25, 0.3) is 0 Å². The first-order chi connectivity index (χ1) is 7.27. The summed E-state index contributed by atoms with van der Waals surface area (Å²) >= 11 is 2.06. The van der Waals surface area contributed by atoms with Gasteiger partial charge in [0.1, 0.15) is 0 Å². The van der Waals surface area contributed by atoms with Crippen molar-refractivity contribution in [2.24, 2.45) is 0 Å². The fraction of sp³-hybridized carbons (Fsp3) is 1.00. The highest BCUT2D eigenvalue weighted by Crippen LogP contribution is 2.15. The van der Waals surface area contributed by atoms with Gasteiger partial charge in [-0.1, -0.05) is 13.8 Å². The third kappa shape index (κ3) is 4.75. The molecule has 0 bridgehead atoms.